The minimum absolute atomic E-state index is 0.145. The number of nitrogens with zero attached hydrogens (tertiary/aromatic N) is 2. The zero-order valence-electron chi connectivity index (χ0n) is 15.6. The topological polar surface area (TPSA) is 26.5 Å². The Bertz CT molecular complexity index is 898. The van der Waals surface area contributed by atoms with Crippen molar-refractivity contribution in [2.75, 3.05) is 0 Å². The molecule has 0 radical (unpaired) electrons. The van der Waals surface area contributed by atoms with E-state index in [4.69, 9.17) is 4.66 Å². The summed E-state index contributed by atoms with van der Waals surface area (Å²) in [7, 11) is -2.55. The first kappa shape index (κ1) is 22.4. The Labute approximate surface area is 196 Å². The van der Waals surface area contributed by atoms with Gasteiger partial charge in [-0.15, -0.1) is 5.69 Å². The fraction of sp³-hybridized carbons (Fsp3) is 0. The first-order valence-corrected chi connectivity index (χ1v) is 22.3. The molecule has 6 heteroatoms. The number of benzene rings is 3. The average molecular weight is 603 g/mol. The Morgan fingerprint density at radius 2 is 1.07 bits per heavy atom. The van der Waals surface area contributed by atoms with E-state index in [9.17, 15) is 0 Å². The van der Waals surface area contributed by atoms with Gasteiger partial charge in [0.05, 0.1) is 0 Å². The minimum atomic E-state index is -2.55. The van der Waals surface area contributed by atoms with E-state index in [1.54, 1.807) is 6.20 Å². The zero-order chi connectivity index (χ0) is 20.4. The van der Waals surface area contributed by atoms with Crippen molar-refractivity contribution in [2.24, 2.45) is 4.66 Å². The second-order valence-electron chi connectivity index (χ2n) is 6.20. The van der Waals surface area contributed by atoms with Crippen molar-refractivity contribution < 1.29 is 18.5 Å². The Morgan fingerprint density at radius 3 is 1.41 bits per heavy atom. The SMILES string of the molecule is C(=N\[Si](c1ccccc1)(c1ccccc1)c1ccccc1)/c1ccc[n-]1.[Br][Zr][Br]. The normalized spacial score (nSPS) is 11.0. The molecular weight excluding hydrogens is 583 g/mol. The van der Waals surface area contributed by atoms with Crippen LogP contribution in [0.3, 0.4) is 0 Å². The molecule has 0 saturated carbocycles. The third kappa shape index (κ3) is 5.64. The first-order valence-electron chi connectivity index (χ1n) is 9.07. The average Bonchev–Trinajstić information content (AvgIpc) is 3.31. The van der Waals surface area contributed by atoms with Crippen molar-refractivity contribution >= 4 is 54.4 Å². The van der Waals surface area contributed by atoms with Crippen LogP contribution < -0.4 is 20.5 Å². The van der Waals surface area contributed by atoms with Gasteiger partial charge < -0.3 is 9.64 Å². The number of hydrogen-bond acceptors (Lipinski definition) is 1. The molecule has 144 valence electrons. The fourth-order valence-electron chi connectivity index (χ4n) is 3.31. The van der Waals surface area contributed by atoms with Crippen molar-refractivity contribution in [1.82, 2.24) is 4.98 Å². The Balaban J connectivity index is 0.000000755. The Morgan fingerprint density at radius 1 is 0.655 bits per heavy atom. The van der Waals surface area contributed by atoms with Gasteiger partial charge in [-0.2, -0.15) is 6.20 Å². The second-order valence-corrected chi connectivity index (χ2v) is 20.9. The van der Waals surface area contributed by atoms with Crippen LogP contribution in [-0.4, -0.2) is 14.5 Å². The van der Waals surface area contributed by atoms with Crippen molar-refractivity contribution in [3.05, 3.63) is 115 Å². The fourth-order valence-corrected chi connectivity index (χ4v) is 7.11. The summed E-state index contributed by atoms with van der Waals surface area (Å²) in [5, 5.41) is 3.79. The molecule has 0 amide bonds. The molecule has 1 heterocycles. The quantitative estimate of drug-likeness (QED) is 0.189. The van der Waals surface area contributed by atoms with E-state index in [0.29, 0.717) is 0 Å². The molecule has 2 nitrogen and oxygen atoms in total. The van der Waals surface area contributed by atoms with E-state index >= 15 is 0 Å². The molecule has 3 aromatic carbocycles. The van der Waals surface area contributed by atoms with Crippen molar-refractivity contribution in [1.29, 1.82) is 0 Å². The van der Waals surface area contributed by atoms with Gasteiger partial charge in [0, 0.05) is 0 Å². The van der Waals surface area contributed by atoms with E-state index in [-0.39, 0.29) is 18.5 Å². The van der Waals surface area contributed by atoms with Crippen LogP contribution in [0.5, 0.6) is 0 Å². The van der Waals surface area contributed by atoms with Gasteiger partial charge in [0.15, 0.2) is 0 Å². The molecule has 0 aliphatic heterocycles. The first-order chi connectivity index (χ1) is 14.3. The molecule has 0 unspecified atom stereocenters. The molecular formula is C23H19Br2N2SiZr-. The summed E-state index contributed by atoms with van der Waals surface area (Å²) in [6.45, 7) is 0. The molecule has 4 rings (SSSR count). The van der Waals surface area contributed by atoms with Gasteiger partial charge in [-0.05, 0) is 21.8 Å². The summed E-state index contributed by atoms with van der Waals surface area (Å²) in [6.07, 6.45) is 3.73. The maximum absolute atomic E-state index is 5.26. The molecule has 4 aromatic rings. The summed E-state index contributed by atoms with van der Waals surface area (Å²) in [6, 6.07) is 35.9. The Hall–Kier alpha value is -1.33. The van der Waals surface area contributed by atoms with Crippen LogP contribution >= 0.6 is 24.4 Å². The molecule has 0 fully saturated rings. The van der Waals surface area contributed by atoms with E-state index in [1.165, 1.54) is 15.6 Å². The monoisotopic (exact) mass is 599 g/mol. The molecule has 0 aliphatic rings. The molecule has 0 atom stereocenters. The number of hydrogen-bond donors (Lipinski definition) is 0. The second kappa shape index (κ2) is 11.8. The summed E-state index contributed by atoms with van der Waals surface area (Å²) >= 11 is 6.32. The van der Waals surface area contributed by atoms with Crippen molar-refractivity contribution in [3.63, 3.8) is 0 Å². The van der Waals surface area contributed by atoms with Gasteiger partial charge >= 0.3 is 43.0 Å². The molecule has 0 saturated heterocycles. The molecule has 29 heavy (non-hydrogen) atoms. The van der Waals surface area contributed by atoms with Crippen LogP contribution in [0.15, 0.2) is 114 Å². The van der Waals surface area contributed by atoms with Gasteiger partial charge in [0.25, 0.3) is 8.24 Å². The van der Waals surface area contributed by atoms with E-state index < -0.39 is 8.24 Å². The van der Waals surface area contributed by atoms with Crippen LogP contribution in [0.4, 0.5) is 0 Å². The molecule has 0 aliphatic carbocycles. The molecule has 0 N–H and O–H groups in total. The van der Waals surface area contributed by atoms with Crippen LogP contribution in [0.1, 0.15) is 5.69 Å². The standard InChI is InChI=1S/C23H19N2Si.2BrH.Zr/c1-4-12-21(13-5-1)26(22-14-6-2-7-15-22,23-16-8-3-9-17-23)25-19-20-11-10-18-24-20;;;/h1-19H;2*1H;/q-1;;;+2/p-2/b25-19+;;;. The number of aromatic nitrogens is 1. The Kier molecular flexibility index (Phi) is 9.06. The van der Waals surface area contributed by atoms with Gasteiger partial charge in [-0.1, -0.05) is 103 Å². The van der Waals surface area contributed by atoms with Crippen LogP contribution in [0, 0.1) is 0 Å². The molecule has 1 aromatic heterocycles. The predicted octanol–water partition coefficient (Wildman–Crippen LogP) is 4.42. The summed E-state index contributed by atoms with van der Waals surface area (Å²) in [5.41, 5.74) is 0.893. The number of rotatable bonds is 5. The van der Waals surface area contributed by atoms with Crippen LogP contribution in [-0.2, 0) is 18.5 Å². The maximum atomic E-state index is 5.26. The van der Waals surface area contributed by atoms with Gasteiger partial charge in [0.2, 0.25) is 0 Å². The van der Waals surface area contributed by atoms with Crippen molar-refractivity contribution in [2.45, 2.75) is 0 Å². The number of halogens is 2. The third-order valence-corrected chi connectivity index (χ3v) is 8.56. The zero-order valence-corrected chi connectivity index (χ0v) is 22.3. The van der Waals surface area contributed by atoms with Gasteiger partial charge in [-0.3, -0.25) is 0 Å². The van der Waals surface area contributed by atoms with Crippen molar-refractivity contribution in [3.8, 4) is 0 Å². The third-order valence-electron chi connectivity index (χ3n) is 4.54. The summed E-state index contributed by atoms with van der Waals surface area (Å²) in [4.78, 5) is 4.37. The molecule has 0 spiro atoms. The van der Waals surface area contributed by atoms with Gasteiger partial charge in [-0.25, -0.2) is 0 Å². The summed E-state index contributed by atoms with van der Waals surface area (Å²) < 4.78 is 5.26. The van der Waals surface area contributed by atoms with E-state index in [2.05, 4.69) is 120 Å². The van der Waals surface area contributed by atoms with Gasteiger partial charge in [0.1, 0.15) is 0 Å². The predicted molar refractivity (Wildman–Crippen MR) is 129 cm³/mol. The van der Waals surface area contributed by atoms with E-state index in [1.807, 2.05) is 18.3 Å². The molecule has 0 bridgehead atoms. The van der Waals surface area contributed by atoms with E-state index in [0.717, 1.165) is 5.69 Å². The van der Waals surface area contributed by atoms with Crippen LogP contribution in [0.25, 0.3) is 0 Å². The van der Waals surface area contributed by atoms with Crippen LogP contribution in [0.2, 0.25) is 0 Å². The summed E-state index contributed by atoms with van der Waals surface area (Å²) in [5.74, 6) is 0.